The van der Waals surface area contributed by atoms with Crippen molar-refractivity contribution in [2.75, 3.05) is 10.0 Å². The first-order chi connectivity index (χ1) is 16.6. The lowest BCUT2D eigenvalue weighted by Gasteiger charge is -2.10. The maximum Gasteiger partial charge on any atom is 0.296 e. The van der Waals surface area contributed by atoms with E-state index < -0.39 is 36.9 Å². The molecule has 1 heterocycles. The molecule has 0 atom stereocenters. The summed E-state index contributed by atoms with van der Waals surface area (Å²) < 4.78 is 44.4. The van der Waals surface area contributed by atoms with Crippen molar-refractivity contribution < 1.29 is 17.7 Å². The third-order valence-corrected chi connectivity index (χ3v) is 6.74. The third kappa shape index (κ3) is 4.64. The number of nitro groups is 1. The summed E-state index contributed by atoms with van der Waals surface area (Å²) >= 11 is 0. The molecule has 0 fully saturated rings. The molecule has 4 rings (SSSR count). The van der Waals surface area contributed by atoms with Crippen LogP contribution in [0.5, 0.6) is 0 Å². The molecule has 10 nitrogen and oxygen atoms in total. The largest absolute Gasteiger partial charge is 0.350 e. The molecule has 0 bridgehead atoms. The van der Waals surface area contributed by atoms with Gasteiger partial charge in [0, 0.05) is 18.8 Å². The van der Waals surface area contributed by atoms with Gasteiger partial charge in [0.1, 0.15) is 17.2 Å². The molecule has 0 saturated carbocycles. The smallest absolute Gasteiger partial charge is 0.296 e. The lowest BCUT2D eigenvalue weighted by Crippen LogP contribution is -2.23. The van der Waals surface area contributed by atoms with Crippen molar-refractivity contribution in [1.29, 1.82) is 0 Å². The van der Waals surface area contributed by atoms with Crippen LogP contribution in [0, 0.1) is 22.9 Å². The minimum Gasteiger partial charge on any atom is -0.350 e. The second-order valence-corrected chi connectivity index (χ2v) is 9.29. The molecule has 1 aromatic heterocycles. The number of rotatable bonds is 7. The number of anilines is 3. The van der Waals surface area contributed by atoms with Gasteiger partial charge in [0.15, 0.2) is 0 Å². The van der Waals surface area contributed by atoms with Gasteiger partial charge in [0.25, 0.3) is 21.3 Å². The van der Waals surface area contributed by atoms with E-state index in [0.29, 0.717) is 17.1 Å². The predicted molar refractivity (Wildman–Crippen MR) is 129 cm³/mol. The van der Waals surface area contributed by atoms with Crippen molar-refractivity contribution in [2.24, 2.45) is 7.05 Å². The highest BCUT2D eigenvalue weighted by Crippen LogP contribution is 2.31. The van der Waals surface area contributed by atoms with Crippen molar-refractivity contribution >= 4 is 32.8 Å². The summed E-state index contributed by atoms with van der Waals surface area (Å²) in [5.74, 6) is -0.472. The number of hydrogen-bond donors (Lipinski definition) is 2. The number of hydrogen-bond acceptors (Lipinski definition) is 6. The third-order valence-electron chi connectivity index (χ3n) is 5.39. The highest BCUT2D eigenvalue weighted by atomic mass is 32.2. The van der Waals surface area contributed by atoms with Gasteiger partial charge in [-0.25, -0.2) is 17.5 Å². The van der Waals surface area contributed by atoms with Gasteiger partial charge in [-0.15, -0.1) is 0 Å². The van der Waals surface area contributed by atoms with Gasteiger partial charge < -0.3 is 5.32 Å². The molecule has 4 aromatic rings. The first-order valence-electron chi connectivity index (χ1n) is 10.3. The first-order valence-corrected chi connectivity index (χ1v) is 11.7. The van der Waals surface area contributed by atoms with E-state index in [9.17, 15) is 27.7 Å². The van der Waals surface area contributed by atoms with Gasteiger partial charge in [0.05, 0.1) is 21.2 Å². The highest BCUT2D eigenvalue weighted by molar-refractivity contribution is 7.92. The van der Waals surface area contributed by atoms with Gasteiger partial charge in [0.2, 0.25) is 0 Å². The zero-order valence-corrected chi connectivity index (χ0v) is 19.4. The van der Waals surface area contributed by atoms with E-state index >= 15 is 0 Å². The van der Waals surface area contributed by atoms with Crippen LogP contribution in [-0.2, 0) is 17.1 Å². The Labute approximate surface area is 199 Å². The molecule has 0 aliphatic heterocycles. The van der Waals surface area contributed by atoms with Gasteiger partial charge in [-0.2, -0.15) is 0 Å². The number of nitrogens with zero attached hydrogens (tertiary/aromatic N) is 3. The molecule has 0 aliphatic carbocycles. The van der Waals surface area contributed by atoms with Crippen molar-refractivity contribution in [2.45, 2.75) is 11.8 Å². The summed E-state index contributed by atoms with van der Waals surface area (Å²) in [6.45, 7) is 1.58. The van der Waals surface area contributed by atoms with Gasteiger partial charge in [-0.3, -0.25) is 24.3 Å². The second-order valence-electron chi connectivity index (χ2n) is 7.61. The number of benzene rings is 3. The first kappa shape index (κ1) is 23.7. The Balaban J connectivity index is 1.70. The van der Waals surface area contributed by atoms with Crippen molar-refractivity contribution in [3.63, 3.8) is 0 Å². The molecule has 180 valence electrons. The van der Waals surface area contributed by atoms with Crippen LogP contribution in [0.1, 0.15) is 5.69 Å². The molecule has 0 amide bonds. The Hall–Kier alpha value is -4.45. The number of nitro benzene ring substituents is 1. The van der Waals surface area contributed by atoms with E-state index in [4.69, 9.17) is 0 Å². The second kappa shape index (κ2) is 9.06. The molecule has 2 N–H and O–H groups in total. The van der Waals surface area contributed by atoms with E-state index in [1.165, 1.54) is 45.8 Å². The maximum atomic E-state index is 13.1. The van der Waals surface area contributed by atoms with E-state index in [0.717, 1.165) is 6.07 Å². The van der Waals surface area contributed by atoms with Crippen molar-refractivity contribution in [1.82, 2.24) is 9.36 Å². The number of aromatic nitrogens is 2. The predicted octanol–water partition coefficient (Wildman–Crippen LogP) is 4.08. The summed E-state index contributed by atoms with van der Waals surface area (Å²) in [4.78, 5) is 23.6. The van der Waals surface area contributed by atoms with E-state index in [-0.39, 0.29) is 11.4 Å². The minimum atomic E-state index is -4.35. The number of para-hydroxylation sites is 1. The summed E-state index contributed by atoms with van der Waals surface area (Å²) in [5, 5.41) is 14.4. The standard InChI is InChI=1S/C23H20FN5O5S/c1-15-22(23(30)28(27(15)2)18-6-4-3-5-7-18)26-35(33,34)19-12-13-20(21(14-19)29(31)32)25-17-10-8-16(24)9-11-17/h3-14,25-26H,1-2H3. The lowest BCUT2D eigenvalue weighted by atomic mass is 10.2. The SMILES string of the molecule is Cc1c(NS(=O)(=O)c2ccc(Nc3ccc(F)cc3)c([N+](=O)[O-])c2)c(=O)n(-c2ccccc2)n1C. The quantitative estimate of drug-likeness (QED) is 0.293. The highest BCUT2D eigenvalue weighted by Gasteiger charge is 2.25. The van der Waals surface area contributed by atoms with E-state index in [1.807, 2.05) is 0 Å². The zero-order valence-electron chi connectivity index (χ0n) is 18.6. The summed E-state index contributed by atoms with van der Waals surface area (Å²) in [6.07, 6.45) is 0. The molecule has 0 aliphatic rings. The van der Waals surface area contributed by atoms with Crippen LogP contribution in [0.3, 0.4) is 0 Å². The van der Waals surface area contributed by atoms with Gasteiger partial charge in [-0.05, 0) is 55.5 Å². The van der Waals surface area contributed by atoms with Crippen LogP contribution in [-0.4, -0.2) is 22.7 Å². The Morgan fingerprint density at radius 3 is 2.29 bits per heavy atom. The summed E-state index contributed by atoms with van der Waals surface area (Å²) in [5.41, 5.74) is 0.0134. The fraction of sp³-hybridized carbons (Fsp3) is 0.0870. The summed E-state index contributed by atoms with van der Waals surface area (Å²) in [7, 11) is -2.74. The van der Waals surface area contributed by atoms with Crippen LogP contribution in [0.15, 0.2) is 82.5 Å². The molecule has 35 heavy (non-hydrogen) atoms. The average molecular weight is 498 g/mol. The molecule has 12 heteroatoms. The molecule has 0 unspecified atom stereocenters. The van der Waals surface area contributed by atoms with Gasteiger partial charge >= 0.3 is 0 Å². The monoisotopic (exact) mass is 497 g/mol. The van der Waals surface area contributed by atoms with Crippen LogP contribution < -0.4 is 15.6 Å². The number of nitrogens with one attached hydrogen (secondary N) is 2. The zero-order chi connectivity index (χ0) is 25.3. The fourth-order valence-electron chi connectivity index (χ4n) is 3.50. The lowest BCUT2D eigenvalue weighted by molar-refractivity contribution is -0.384. The molecular weight excluding hydrogens is 477 g/mol. The van der Waals surface area contributed by atoms with Crippen molar-refractivity contribution in [3.8, 4) is 5.69 Å². The molecular formula is C23H20FN5O5S. The minimum absolute atomic E-state index is 0.0166. The summed E-state index contributed by atoms with van der Waals surface area (Å²) in [6, 6.07) is 17.1. The van der Waals surface area contributed by atoms with E-state index in [2.05, 4.69) is 10.0 Å². The van der Waals surface area contributed by atoms with E-state index in [1.54, 1.807) is 44.3 Å². The fourth-order valence-corrected chi connectivity index (χ4v) is 4.64. The number of halogens is 1. The van der Waals surface area contributed by atoms with Crippen molar-refractivity contribution in [3.05, 3.63) is 105 Å². The topological polar surface area (TPSA) is 128 Å². The molecule has 0 spiro atoms. The van der Waals surface area contributed by atoms with Crippen LogP contribution >= 0.6 is 0 Å². The Kier molecular flexibility index (Phi) is 6.14. The molecule has 0 radical (unpaired) electrons. The van der Waals surface area contributed by atoms with Crippen LogP contribution in [0.4, 0.5) is 27.1 Å². The molecule has 3 aromatic carbocycles. The average Bonchev–Trinajstić information content (AvgIpc) is 3.03. The molecule has 0 saturated heterocycles. The Morgan fingerprint density at radius 2 is 1.66 bits per heavy atom. The van der Waals surface area contributed by atoms with Gasteiger partial charge in [-0.1, -0.05) is 18.2 Å². The Morgan fingerprint density at radius 1 is 1.00 bits per heavy atom. The number of sulfonamides is 1. The maximum absolute atomic E-state index is 13.1. The van der Waals surface area contributed by atoms with Crippen LogP contribution in [0.25, 0.3) is 5.69 Å². The normalized spacial score (nSPS) is 11.3. The van der Waals surface area contributed by atoms with Crippen LogP contribution in [0.2, 0.25) is 0 Å². The Bertz CT molecular complexity index is 1580.